The summed E-state index contributed by atoms with van der Waals surface area (Å²) in [5.74, 6) is -0.462. The second-order valence-electron chi connectivity index (χ2n) is 6.95. The molecule has 0 aliphatic rings. The van der Waals surface area contributed by atoms with Gasteiger partial charge in [0.15, 0.2) is 0 Å². The van der Waals surface area contributed by atoms with Gasteiger partial charge in [0, 0.05) is 11.8 Å². The summed E-state index contributed by atoms with van der Waals surface area (Å²) in [6.45, 7) is 0. The number of nitrogens with zero attached hydrogens (tertiary/aromatic N) is 1. The van der Waals surface area contributed by atoms with Crippen molar-refractivity contribution in [2.45, 2.75) is 0 Å². The molecule has 0 aliphatic carbocycles. The molecule has 5 rings (SSSR count). The van der Waals surface area contributed by atoms with Crippen molar-refractivity contribution in [2.24, 2.45) is 0 Å². The third-order valence-corrected chi connectivity index (χ3v) is 6.19. The van der Waals surface area contributed by atoms with Crippen LogP contribution in [0.5, 0.6) is 0 Å². The van der Waals surface area contributed by atoms with E-state index in [4.69, 9.17) is 4.74 Å². The van der Waals surface area contributed by atoms with E-state index < -0.39 is 5.97 Å². The lowest BCUT2D eigenvalue weighted by Gasteiger charge is -2.11. The van der Waals surface area contributed by atoms with Crippen LogP contribution in [0.25, 0.3) is 37.9 Å². The molecule has 0 radical (unpaired) electrons. The fraction of sp³-hybridized carbons (Fsp3) is 0.0400. The van der Waals surface area contributed by atoms with Crippen molar-refractivity contribution in [2.75, 3.05) is 7.11 Å². The lowest BCUT2D eigenvalue weighted by atomic mass is 9.99. The van der Waals surface area contributed by atoms with Crippen molar-refractivity contribution in [1.82, 2.24) is 4.40 Å². The molecule has 0 bridgehead atoms. The minimum Gasteiger partial charge on any atom is -0.465 e. The molecule has 3 aromatic heterocycles. The van der Waals surface area contributed by atoms with Crippen molar-refractivity contribution in [3.05, 3.63) is 100 Å². The third-order valence-electron chi connectivity index (χ3n) is 5.26. The minimum absolute atomic E-state index is 0.166. The number of fused-ring (bicyclic) bond motifs is 3. The van der Waals surface area contributed by atoms with Crippen LogP contribution in [-0.2, 0) is 4.74 Å². The van der Waals surface area contributed by atoms with E-state index in [9.17, 15) is 9.59 Å². The van der Waals surface area contributed by atoms with Crippen LogP contribution in [0.2, 0.25) is 0 Å². The number of aromatic nitrogens is 1. The molecular formula is C25H17NO3S. The number of hydrogen-bond acceptors (Lipinski definition) is 4. The molecule has 0 saturated carbocycles. The first kappa shape index (κ1) is 18.3. The second kappa shape index (κ2) is 7.28. The number of pyridine rings is 2. The first-order chi connectivity index (χ1) is 14.7. The van der Waals surface area contributed by atoms with Crippen LogP contribution in [0.4, 0.5) is 0 Å². The van der Waals surface area contributed by atoms with E-state index in [1.54, 1.807) is 16.7 Å². The molecule has 5 aromatic rings. The second-order valence-corrected chi connectivity index (χ2v) is 7.87. The van der Waals surface area contributed by atoms with Gasteiger partial charge in [0.05, 0.1) is 22.9 Å². The first-order valence-corrected chi connectivity index (χ1v) is 10.3. The number of esters is 1. The highest BCUT2D eigenvalue weighted by molar-refractivity contribution is 7.18. The Hall–Kier alpha value is -3.70. The summed E-state index contributed by atoms with van der Waals surface area (Å²) in [6.07, 6.45) is 1.72. The zero-order valence-electron chi connectivity index (χ0n) is 16.2. The standard InChI is InChI=1S/C25H17NO3S/c1-29-25(28)21-15-20(18-9-7-17(8-10-18)16-5-3-2-4-6-16)24(27)26-13-11-19-12-14-30-23(19)22(21)26/h2-15H,1H3. The van der Waals surface area contributed by atoms with Gasteiger partial charge in [-0.25, -0.2) is 4.79 Å². The van der Waals surface area contributed by atoms with Gasteiger partial charge >= 0.3 is 5.97 Å². The molecule has 0 N–H and O–H groups in total. The summed E-state index contributed by atoms with van der Waals surface area (Å²) in [5, 5.41) is 2.94. The van der Waals surface area contributed by atoms with Gasteiger partial charge in [0.2, 0.25) is 0 Å². The molecule has 0 amide bonds. The van der Waals surface area contributed by atoms with Gasteiger partial charge in [0.1, 0.15) is 0 Å². The Morgan fingerprint density at radius 3 is 2.33 bits per heavy atom. The average molecular weight is 411 g/mol. The number of carbonyl (C=O) groups is 1. The molecule has 0 saturated heterocycles. The fourth-order valence-electron chi connectivity index (χ4n) is 3.75. The van der Waals surface area contributed by atoms with Gasteiger partial charge in [-0.05, 0) is 45.7 Å². The zero-order chi connectivity index (χ0) is 20.7. The highest BCUT2D eigenvalue weighted by atomic mass is 32.1. The van der Waals surface area contributed by atoms with E-state index >= 15 is 0 Å². The predicted octanol–water partition coefficient (Wildman–Crippen LogP) is 5.63. The molecule has 2 aromatic carbocycles. The number of benzene rings is 2. The monoisotopic (exact) mass is 411 g/mol. The van der Waals surface area contributed by atoms with Crippen LogP contribution in [-0.4, -0.2) is 17.5 Å². The van der Waals surface area contributed by atoms with Crippen LogP contribution >= 0.6 is 11.3 Å². The maximum Gasteiger partial charge on any atom is 0.340 e. The SMILES string of the molecule is COC(=O)c1cc(-c2ccc(-c3ccccc3)cc2)c(=O)n2ccc3ccsc3c12. The summed E-state index contributed by atoms with van der Waals surface area (Å²) in [7, 11) is 1.35. The smallest absolute Gasteiger partial charge is 0.340 e. The van der Waals surface area contributed by atoms with Gasteiger partial charge in [-0.2, -0.15) is 0 Å². The molecule has 4 nitrogen and oxygen atoms in total. The maximum absolute atomic E-state index is 13.3. The van der Waals surface area contributed by atoms with Gasteiger partial charge in [-0.1, -0.05) is 54.6 Å². The number of thiophene rings is 1. The Kier molecular flexibility index (Phi) is 4.45. The van der Waals surface area contributed by atoms with E-state index in [0.29, 0.717) is 16.6 Å². The van der Waals surface area contributed by atoms with E-state index in [0.717, 1.165) is 26.8 Å². The number of hydrogen-bond donors (Lipinski definition) is 0. The molecule has 0 fully saturated rings. The molecule has 0 spiro atoms. The van der Waals surface area contributed by atoms with Gasteiger partial charge in [-0.3, -0.25) is 9.20 Å². The largest absolute Gasteiger partial charge is 0.465 e. The van der Waals surface area contributed by atoms with Crippen molar-refractivity contribution >= 4 is 32.9 Å². The Labute approximate surface area is 176 Å². The lowest BCUT2D eigenvalue weighted by Crippen LogP contribution is -2.19. The zero-order valence-corrected chi connectivity index (χ0v) is 17.0. The average Bonchev–Trinajstić information content (AvgIpc) is 3.29. The Bertz CT molecular complexity index is 1450. The first-order valence-electron chi connectivity index (χ1n) is 9.47. The molecule has 0 unspecified atom stereocenters. The summed E-state index contributed by atoms with van der Waals surface area (Å²) >= 11 is 1.50. The third kappa shape index (κ3) is 2.91. The Morgan fingerprint density at radius 2 is 1.60 bits per heavy atom. The van der Waals surface area contributed by atoms with Gasteiger partial charge in [-0.15, -0.1) is 11.3 Å². The maximum atomic E-state index is 13.3. The van der Waals surface area contributed by atoms with E-state index in [-0.39, 0.29) is 5.56 Å². The van der Waals surface area contributed by atoms with Gasteiger partial charge < -0.3 is 4.74 Å². The fourth-order valence-corrected chi connectivity index (χ4v) is 4.70. The molecule has 3 heterocycles. The van der Waals surface area contributed by atoms with Crippen molar-refractivity contribution in [3.8, 4) is 22.3 Å². The van der Waals surface area contributed by atoms with Crippen molar-refractivity contribution in [3.63, 3.8) is 0 Å². The molecular weight excluding hydrogens is 394 g/mol. The number of rotatable bonds is 3. The Balaban J connectivity index is 1.74. The molecule has 30 heavy (non-hydrogen) atoms. The Morgan fingerprint density at radius 1 is 0.900 bits per heavy atom. The van der Waals surface area contributed by atoms with Crippen molar-refractivity contribution in [1.29, 1.82) is 0 Å². The van der Waals surface area contributed by atoms with E-state index in [1.165, 1.54) is 18.4 Å². The predicted molar refractivity (Wildman–Crippen MR) is 121 cm³/mol. The number of ether oxygens (including phenoxy) is 1. The summed E-state index contributed by atoms with van der Waals surface area (Å²) in [6, 6.07) is 23.4. The van der Waals surface area contributed by atoms with Crippen LogP contribution in [0.1, 0.15) is 10.4 Å². The topological polar surface area (TPSA) is 47.8 Å². The summed E-state index contributed by atoms with van der Waals surface area (Å²) < 4.78 is 7.46. The lowest BCUT2D eigenvalue weighted by molar-refractivity contribution is 0.0602. The highest BCUT2D eigenvalue weighted by Crippen LogP contribution is 2.30. The minimum atomic E-state index is -0.462. The quantitative estimate of drug-likeness (QED) is 0.361. The van der Waals surface area contributed by atoms with E-state index in [1.807, 2.05) is 72.1 Å². The number of methoxy groups -OCH3 is 1. The highest BCUT2D eigenvalue weighted by Gasteiger charge is 2.19. The number of carbonyl (C=O) groups excluding carboxylic acids is 1. The molecule has 5 heteroatoms. The molecule has 146 valence electrons. The van der Waals surface area contributed by atoms with E-state index in [2.05, 4.69) is 0 Å². The molecule has 0 aliphatic heterocycles. The van der Waals surface area contributed by atoms with Gasteiger partial charge in [0.25, 0.3) is 5.56 Å². The molecule has 0 atom stereocenters. The van der Waals surface area contributed by atoms with Crippen LogP contribution in [0.15, 0.2) is 89.2 Å². The van der Waals surface area contributed by atoms with Crippen LogP contribution in [0, 0.1) is 0 Å². The normalized spacial score (nSPS) is 11.1. The van der Waals surface area contributed by atoms with Crippen molar-refractivity contribution < 1.29 is 9.53 Å². The summed E-state index contributed by atoms with van der Waals surface area (Å²) in [5.41, 5.74) is 4.19. The summed E-state index contributed by atoms with van der Waals surface area (Å²) in [4.78, 5) is 25.9. The van der Waals surface area contributed by atoms with Crippen LogP contribution in [0.3, 0.4) is 0 Å². The van der Waals surface area contributed by atoms with Crippen LogP contribution < -0.4 is 5.56 Å².